The molecule has 0 spiro atoms. The zero-order chi connectivity index (χ0) is 31.0. The molecule has 232 valence electrons. The van der Waals surface area contributed by atoms with Crippen LogP contribution in [0.3, 0.4) is 0 Å². The smallest absolute Gasteiger partial charge is 0.340 e. The molecule has 5 heterocycles. The van der Waals surface area contributed by atoms with E-state index in [1.165, 1.54) is 12.1 Å². The van der Waals surface area contributed by atoms with Crippen molar-refractivity contribution in [2.45, 2.75) is 61.8 Å². The van der Waals surface area contributed by atoms with Gasteiger partial charge in [0.05, 0.1) is 10.8 Å². The van der Waals surface area contributed by atoms with Crippen LogP contribution in [0.15, 0.2) is 42.7 Å². The van der Waals surface area contributed by atoms with Crippen LogP contribution in [-0.2, 0) is 19.8 Å². The van der Waals surface area contributed by atoms with E-state index in [1.54, 1.807) is 28.3 Å². The van der Waals surface area contributed by atoms with E-state index >= 15 is 0 Å². The van der Waals surface area contributed by atoms with Crippen LogP contribution in [0.25, 0.3) is 10.1 Å². The number of halogens is 2. The molecule has 1 aliphatic carbocycles. The van der Waals surface area contributed by atoms with Crippen molar-refractivity contribution in [1.29, 1.82) is 0 Å². The topological polar surface area (TPSA) is 153 Å². The molecule has 4 aliphatic rings. The second-order valence-corrected chi connectivity index (χ2v) is 15.0. The molecule has 3 N–H and O–H groups in total. The largest absolute Gasteiger partial charge is 0.399 e. The zero-order valence-corrected chi connectivity index (χ0v) is 25.1. The Morgan fingerprint density at radius 1 is 1.05 bits per heavy atom. The Bertz CT molecular complexity index is 1700. The maximum atomic E-state index is 14.3. The van der Waals surface area contributed by atoms with Gasteiger partial charge in [0.25, 0.3) is 5.91 Å². The van der Waals surface area contributed by atoms with Gasteiger partial charge in [0.15, 0.2) is 0 Å². The number of likely N-dealkylation sites (tertiary alicyclic amines) is 1. The van der Waals surface area contributed by atoms with Gasteiger partial charge >= 0.3 is 13.3 Å². The van der Waals surface area contributed by atoms with Crippen LogP contribution in [0.5, 0.6) is 0 Å². The summed E-state index contributed by atoms with van der Waals surface area (Å²) >= 11 is 1.03. The molecule has 5 atom stereocenters. The second kappa shape index (κ2) is 10.6. The van der Waals surface area contributed by atoms with Crippen LogP contribution in [0.2, 0.25) is 0 Å². The summed E-state index contributed by atoms with van der Waals surface area (Å²) in [5.74, 6) is 0.571. The highest BCUT2D eigenvalue weighted by Gasteiger charge is 2.53. The van der Waals surface area contributed by atoms with Crippen LogP contribution in [0.4, 0.5) is 8.78 Å². The minimum absolute atomic E-state index is 0.0556. The molecule has 15 heteroatoms. The van der Waals surface area contributed by atoms with Crippen molar-refractivity contribution in [3.05, 3.63) is 59.0 Å². The highest BCUT2D eigenvalue weighted by molar-refractivity contribution is 7.52. The number of hydrogen-bond acceptors (Lipinski definition) is 7. The lowest BCUT2D eigenvalue weighted by atomic mass is 9.97. The maximum absolute atomic E-state index is 14.3. The molecule has 3 saturated heterocycles. The van der Waals surface area contributed by atoms with E-state index in [0.717, 1.165) is 42.7 Å². The SMILES string of the molecule is O=C(N[C@H]1C[C@@H]2C[C@@H]2C[C@H]2CC[C@@H](C(=O)N3CC(c4ncccn4)C3)N2C1=O)c1cc2cc(C(F)(F)P(=O)(O)O)ccc2s1. The molecule has 3 amide bonds. The molecule has 2 aromatic heterocycles. The predicted octanol–water partition coefficient (Wildman–Crippen LogP) is 3.43. The standard InChI is InChI=1S/C29H30F2N5O6PS/c30-29(31,43(40,41)42)19-2-5-23-17(9-19)12-24(44-23)26(37)34-21-11-16-8-15(16)10-20-3-4-22(36(20)27(21)38)28(39)35-13-18(14-35)25-32-6-1-7-33-25/h1-2,5-7,9,12,15-16,18,20-22H,3-4,8,10-11,13-14H2,(H,34,37)(H2,40,41,42)/t15-,16+,20-,21+,22+/m1/s1. The van der Waals surface area contributed by atoms with Gasteiger partial charge < -0.3 is 24.9 Å². The third kappa shape index (κ3) is 5.11. The number of amides is 3. The Hall–Kier alpha value is -3.32. The monoisotopic (exact) mass is 645 g/mol. The molecule has 1 aromatic carbocycles. The third-order valence-corrected chi connectivity index (χ3v) is 11.5. The third-order valence-electron chi connectivity index (χ3n) is 9.43. The van der Waals surface area contributed by atoms with Crippen molar-refractivity contribution in [1.82, 2.24) is 25.1 Å². The highest BCUT2D eigenvalue weighted by atomic mass is 32.1. The molecular weight excluding hydrogens is 615 g/mol. The van der Waals surface area contributed by atoms with Gasteiger partial charge in [-0.15, -0.1) is 11.3 Å². The van der Waals surface area contributed by atoms with Gasteiger partial charge in [-0.3, -0.25) is 18.9 Å². The van der Waals surface area contributed by atoms with Gasteiger partial charge in [-0.2, -0.15) is 8.78 Å². The van der Waals surface area contributed by atoms with Crippen molar-refractivity contribution in [3.63, 3.8) is 0 Å². The van der Waals surface area contributed by atoms with Crippen molar-refractivity contribution >= 4 is 46.7 Å². The van der Waals surface area contributed by atoms with Crippen LogP contribution in [0.1, 0.15) is 59.1 Å². The number of fused-ring (bicyclic) bond motifs is 3. The first kappa shape index (κ1) is 29.4. The Morgan fingerprint density at radius 3 is 2.50 bits per heavy atom. The summed E-state index contributed by atoms with van der Waals surface area (Å²) in [6.45, 7) is 0.981. The fraction of sp³-hybridized carbons (Fsp3) is 0.483. The van der Waals surface area contributed by atoms with Gasteiger partial charge in [-0.1, -0.05) is 6.07 Å². The number of rotatable bonds is 6. The van der Waals surface area contributed by atoms with E-state index in [-0.39, 0.29) is 34.0 Å². The molecular formula is C29H30F2N5O6PS. The lowest BCUT2D eigenvalue weighted by Gasteiger charge is -2.42. The molecule has 44 heavy (non-hydrogen) atoms. The number of nitrogens with one attached hydrogen (secondary N) is 1. The average Bonchev–Trinajstić information content (AvgIpc) is 3.33. The fourth-order valence-electron chi connectivity index (χ4n) is 6.93. The quantitative estimate of drug-likeness (QED) is 0.345. The number of benzene rings is 1. The summed E-state index contributed by atoms with van der Waals surface area (Å²) in [5, 5.41) is 3.10. The van der Waals surface area contributed by atoms with Crippen molar-refractivity contribution < 1.29 is 37.5 Å². The van der Waals surface area contributed by atoms with E-state index in [9.17, 15) is 27.7 Å². The molecule has 0 bridgehead atoms. The predicted molar refractivity (Wildman–Crippen MR) is 155 cm³/mol. The van der Waals surface area contributed by atoms with Gasteiger partial charge in [0.2, 0.25) is 11.8 Å². The van der Waals surface area contributed by atoms with Crippen molar-refractivity contribution in [2.75, 3.05) is 13.1 Å². The van der Waals surface area contributed by atoms with Gasteiger partial charge in [0.1, 0.15) is 17.9 Å². The number of aromatic nitrogens is 2. The normalized spacial score (nSPS) is 27.3. The fourth-order valence-corrected chi connectivity index (χ4v) is 8.35. The molecule has 7 rings (SSSR count). The number of hydrogen-bond donors (Lipinski definition) is 3. The summed E-state index contributed by atoms with van der Waals surface area (Å²) in [6.07, 6.45) is 6.91. The number of carbonyl (C=O) groups is 3. The van der Waals surface area contributed by atoms with Gasteiger partial charge in [-0.25, -0.2) is 9.97 Å². The van der Waals surface area contributed by atoms with E-state index in [2.05, 4.69) is 15.3 Å². The van der Waals surface area contributed by atoms with Crippen LogP contribution < -0.4 is 5.32 Å². The summed E-state index contributed by atoms with van der Waals surface area (Å²) < 4.78 is 40.4. The molecule has 1 saturated carbocycles. The summed E-state index contributed by atoms with van der Waals surface area (Å²) in [7, 11) is -5.75. The molecule has 3 aromatic rings. The first-order chi connectivity index (χ1) is 20.9. The lowest BCUT2D eigenvalue weighted by Crippen LogP contribution is -2.59. The molecule has 4 fully saturated rings. The second-order valence-electron chi connectivity index (χ2n) is 12.2. The number of carbonyl (C=O) groups excluding carboxylic acids is 3. The summed E-state index contributed by atoms with van der Waals surface area (Å²) in [6, 6.07) is 4.80. The minimum Gasteiger partial charge on any atom is -0.340 e. The maximum Gasteiger partial charge on any atom is 0.399 e. The Kier molecular flexibility index (Phi) is 7.11. The van der Waals surface area contributed by atoms with E-state index in [4.69, 9.17) is 9.79 Å². The van der Waals surface area contributed by atoms with Crippen molar-refractivity contribution in [2.24, 2.45) is 11.8 Å². The molecule has 0 radical (unpaired) electrons. The lowest BCUT2D eigenvalue weighted by molar-refractivity contribution is -0.149. The van der Waals surface area contributed by atoms with E-state index in [1.807, 2.05) is 0 Å². The summed E-state index contributed by atoms with van der Waals surface area (Å²) in [5.41, 5.74) is -5.22. The Labute approximate surface area is 254 Å². The first-order valence-corrected chi connectivity index (χ1v) is 17.0. The number of nitrogens with zero attached hydrogens (tertiary/aromatic N) is 4. The number of thiophene rings is 1. The molecule has 11 nitrogen and oxygen atoms in total. The highest BCUT2D eigenvalue weighted by Crippen LogP contribution is 2.59. The average molecular weight is 646 g/mol. The van der Waals surface area contributed by atoms with Gasteiger partial charge in [-0.05, 0) is 73.6 Å². The Morgan fingerprint density at radius 2 is 1.77 bits per heavy atom. The summed E-state index contributed by atoms with van der Waals surface area (Å²) in [4.78, 5) is 71.4. The first-order valence-electron chi connectivity index (χ1n) is 14.6. The van der Waals surface area contributed by atoms with Crippen LogP contribution in [-0.4, -0.2) is 78.5 Å². The zero-order valence-electron chi connectivity index (χ0n) is 23.4. The Balaban J connectivity index is 1.08. The van der Waals surface area contributed by atoms with Crippen LogP contribution >= 0.6 is 18.9 Å². The van der Waals surface area contributed by atoms with Crippen molar-refractivity contribution in [3.8, 4) is 0 Å². The van der Waals surface area contributed by atoms with Crippen LogP contribution in [0, 0.1) is 11.8 Å². The minimum atomic E-state index is -5.75. The van der Waals surface area contributed by atoms with Gasteiger partial charge in [0, 0.05) is 41.8 Å². The van der Waals surface area contributed by atoms with E-state index < -0.39 is 36.8 Å². The van der Waals surface area contributed by atoms with E-state index in [0.29, 0.717) is 48.3 Å². The number of alkyl halides is 2. The molecule has 3 aliphatic heterocycles. The molecule has 0 unspecified atom stereocenters.